The average Bonchev–Trinajstić information content (AvgIpc) is 2.37. The summed E-state index contributed by atoms with van der Waals surface area (Å²) in [4.78, 5) is 4.09. The van der Waals surface area contributed by atoms with Gasteiger partial charge in [-0.2, -0.15) is 5.10 Å². The van der Waals surface area contributed by atoms with Crippen molar-refractivity contribution in [2.45, 2.75) is 19.9 Å². The monoisotopic (exact) mass is 295 g/mol. The van der Waals surface area contributed by atoms with Gasteiger partial charge in [0.1, 0.15) is 5.82 Å². The number of H-pyrrole nitrogens is 1. The zero-order valence-electron chi connectivity index (χ0n) is 7.61. The molecule has 0 bridgehead atoms. The highest BCUT2D eigenvalue weighted by Gasteiger charge is 1.95. The number of nitrogens with two attached hydrogens (primary N) is 1. The third-order valence-corrected chi connectivity index (χ3v) is 1.16. The highest BCUT2D eigenvalue weighted by atomic mass is 127. The number of aliphatic imine (C=N–C) groups is 1. The van der Waals surface area contributed by atoms with E-state index in [0.717, 1.165) is 5.82 Å². The topological polar surface area (TPSA) is 79.1 Å². The van der Waals surface area contributed by atoms with Gasteiger partial charge in [0.2, 0.25) is 0 Å². The number of hydrogen-bond donors (Lipinski definition) is 3. The second-order valence-corrected chi connectivity index (χ2v) is 2.70. The van der Waals surface area contributed by atoms with Crippen LogP contribution in [0.4, 0.5) is 5.82 Å². The second kappa shape index (κ2) is 5.79. The fourth-order valence-corrected chi connectivity index (χ4v) is 0.774. The van der Waals surface area contributed by atoms with Crippen LogP contribution < -0.4 is 11.1 Å². The van der Waals surface area contributed by atoms with Crippen molar-refractivity contribution < 1.29 is 0 Å². The zero-order chi connectivity index (χ0) is 8.97. The molecule has 0 unspecified atom stereocenters. The van der Waals surface area contributed by atoms with Gasteiger partial charge in [-0.05, 0) is 13.8 Å². The Labute approximate surface area is 94.2 Å². The van der Waals surface area contributed by atoms with Gasteiger partial charge in [0.25, 0.3) is 0 Å². The lowest BCUT2D eigenvalue weighted by Gasteiger charge is -2.03. The third kappa shape index (κ3) is 4.71. The molecule has 4 N–H and O–H groups in total. The molecule has 1 aromatic heterocycles. The van der Waals surface area contributed by atoms with E-state index in [4.69, 9.17) is 5.73 Å². The minimum Gasteiger partial charge on any atom is -0.370 e. The summed E-state index contributed by atoms with van der Waals surface area (Å²) in [6.45, 7) is 3.92. The van der Waals surface area contributed by atoms with E-state index in [1.54, 1.807) is 12.3 Å². The average molecular weight is 295 g/mol. The normalized spacial score (nSPS) is 11.2. The molecule has 0 saturated heterocycles. The quantitative estimate of drug-likeness (QED) is 0.435. The van der Waals surface area contributed by atoms with Gasteiger partial charge in [0.05, 0.1) is 6.20 Å². The highest BCUT2D eigenvalue weighted by Crippen LogP contribution is 1.97. The first-order valence-corrected chi connectivity index (χ1v) is 3.78. The molecule has 1 heterocycles. The Morgan fingerprint density at radius 3 is 2.85 bits per heavy atom. The standard InChI is InChI=1S/C7H13N5.HI/c1-5(2)10-7(8)11-6-3-4-9-12-6;/h3-5H,1-2H3,(H4,8,9,10,11,12);1H. The molecule has 0 aliphatic carbocycles. The Morgan fingerprint density at radius 2 is 2.38 bits per heavy atom. The maximum absolute atomic E-state index is 5.56. The fourth-order valence-electron chi connectivity index (χ4n) is 0.774. The Kier molecular flexibility index (Phi) is 5.44. The van der Waals surface area contributed by atoms with Crippen LogP contribution in [0.1, 0.15) is 13.8 Å². The maximum atomic E-state index is 5.56. The lowest BCUT2D eigenvalue weighted by molar-refractivity contribution is 0.833. The molecular weight excluding hydrogens is 281 g/mol. The summed E-state index contributed by atoms with van der Waals surface area (Å²) in [6.07, 6.45) is 1.64. The lowest BCUT2D eigenvalue weighted by atomic mass is 10.4. The number of aromatic nitrogens is 2. The van der Waals surface area contributed by atoms with Crippen LogP contribution in [-0.4, -0.2) is 22.2 Å². The first-order chi connectivity index (χ1) is 5.68. The Balaban J connectivity index is 0.00000144. The van der Waals surface area contributed by atoms with Gasteiger partial charge in [-0.25, -0.2) is 0 Å². The van der Waals surface area contributed by atoms with Crippen LogP contribution in [0.2, 0.25) is 0 Å². The molecule has 0 spiro atoms. The predicted molar refractivity (Wildman–Crippen MR) is 64.4 cm³/mol. The zero-order valence-corrected chi connectivity index (χ0v) is 9.94. The van der Waals surface area contributed by atoms with Gasteiger partial charge in [-0.1, -0.05) is 0 Å². The van der Waals surface area contributed by atoms with E-state index in [-0.39, 0.29) is 30.0 Å². The number of anilines is 1. The van der Waals surface area contributed by atoms with Crippen molar-refractivity contribution in [1.82, 2.24) is 10.2 Å². The van der Waals surface area contributed by atoms with Crippen LogP contribution in [0, 0.1) is 0 Å². The molecule has 0 saturated carbocycles. The van der Waals surface area contributed by atoms with Gasteiger partial charge in [0.15, 0.2) is 5.96 Å². The second-order valence-electron chi connectivity index (χ2n) is 2.70. The molecular formula is C7H14IN5. The van der Waals surface area contributed by atoms with E-state index in [2.05, 4.69) is 20.5 Å². The molecule has 1 rings (SSSR count). The molecule has 0 aliphatic heterocycles. The molecule has 74 valence electrons. The Bertz CT molecular complexity index is 254. The van der Waals surface area contributed by atoms with Crippen LogP contribution in [0.3, 0.4) is 0 Å². The summed E-state index contributed by atoms with van der Waals surface area (Å²) < 4.78 is 0. The van der Waals surface area contributed by atoms with Crippen LogP contribution >= 0.6 is 24.0 Å². The van der Waals surface area contributed by atoms with Crippen LogP contribution in [-0.2, 0) is 0 Å². The van der Waals surface area contributed by atoms with Crippen molar-refractivity contribution in [1.29, 1.82) is 0 Å². The van der Waals surface area contributed by atoms with Crippen molar-refractivity contribution in [3.05, 3.63) is 12.3 Å². The van der Waals surface area contributed by atoms with Gasteiger partial charge in [0, 0.05) is 12.1 Å². The molecule has 6 heteroatoms. The van der Waals surface area contributed by atoms with E-state index in [1.807, 2.05) is 13.8 Å². The summed E-state index contributed by atoms with van der Waals surface area (Å²) in [5.41, 5.74) is 5.56. The number of aromatic amines is 1. The van der Waals surface area contributed by atoms with Crippen LogP contribution in [0.25, 0.3) is 0 Å². The molecule has 5 nitrogen and oxygen atoms in total. The number of halogens is 1. The van der Waals surface area contributed by atoms with Gasteiger partial charge in [-0.15, -0.1) is 24.0 Å². The number of guanidine groups is 1. The molecule has 0 fully saturated rings. The molecule has 0 atom stereocenters. The van der Waals surface area contributed by atoms with E-state index >= 15 is 0 Å². The van der Waals surface area contributed by atoms with E-state index < -0.39 is 0 Å². The van der Waals surface area contributed by atoms with E-state index in [9.17, 15) is 0 Å². The summed E-state index contributed by atoms with van der Waals surface area (Å²) in [7, 11) is 0. The third-order valence-electron chi connectivity index (χ3n) is 1.16. The summed E-state index contributed by atoms with van der Waals surface area (Å²) in [5, 5.41) is 9.34. The molecule has 0 aliphatic rings. The first kappa shape index (κ1) is 12.2. The molecule has 0 amide bonds. The maximum Gasteiger partial charge on any atom is 0.194 e. The summed E-state index contributed by atoms with van der Waals surface area (Å²) in [5.74, 6) is 1.14. The van der Waals surface area contributed by atoms with E-state index in [1.165, 1.54) is 0 Å². The van der Waals surface area contributed by atoms with Crippen molar-refractivity contribution in [3.8, 4) is 0 Å². The van der Waals surface area contributed by atoms with Crippen molar-refractivity contribution in [2.75, 3.05) is 5.32 Å². The molecule has 1 aromatic rings. The van der Waals surface area contributed by atoms with Crippen molar-refractivity contribution >= 4 is 35.8 Å². The van der Waals surface area contributed by atoms with Gasteiger partial charge < -0.3 is 11.1 Å². The van der Waals surface area contributed by atoms with Crippen molar-refractivity contribution in [3.63, 3.8) is 0 Å². The summed E-state index contributed by atoms with van der Waals surface area (Å²) in [6, 6.07) is 1.98. The number of rotatable bonds is 2. The first-order valence-electron chi connectivity index (χ1n) is 3.78. The molecule has 13 heavy (non-hydrogen) atoms. The van der Waals surface area contributed by atoms with Crippen LogP contribution in [0.5, 0.6) is 0 Å². The SMILES string of the molecule is CC(C)N=C(N)Nc1ccn[nH]1.I. The minimum atomic E-state index is 0. The highest BCUT2D eigenvalue weighted by molar-refractivity contribution is 14.0. The van der Waals surface area contributed by atoms with Crippen LogP contribution in [0.15, 0.2) is 17.3 Å². The Morgan fingerprint density at radius 1 is 1.69 bits per heavy atom. The fraction of sp³-hybridized carbons (Fsp3) is 0.429. The smallest absolute Gasteiger partial charge is 0.194 e. The largest absolute Gasteiger partial charge is 0.370 e. The number of nitrogens with one attached hydrogen (secondary N) is 2. The summed E-state index contributed by atoms with van der Waals surface area (Å²) >= 11 is 0. The number of hydrogen-bond acceptors (Lipinski definition) is 2. The van der Waals surface area contributed by atoms with E-state index in [0.29, 0.717) is 5.96 Å². The minimum absolute atomic E-state index is 0. The molecule has 0 aromatic carbocycles. The predicted octanol–water partition coefficient (Wildman–Crippen LogP) is 1.16. The van der Waals surface area contributed by atoms with Crippen molar-refractivity contribution in [2.24, 2.45) is 10.7 Å². The number of nitrogens with zero attached hydrogens (tertiary/aromatic N) is 2. The lowest BCUT2D eigenvalue weighted by Crippen LogP contribution is -2.24. The Hall–Kier alpha value is -0.790. The molecule has 0 radical (unpaired) electrons. The van der Waals surface area contributed by atoms with Gasteiger partial charge in [-0.3, -0.25) is 10.1 Å². The van der Waals surface area contributed by atoms with Gasteiger partial charge >= 0.3 is 0 Å².